The maximum absolute atomic E-state index is 12.9. The number of halogens is 6. The van der Waals surface area contributed by atoms with Gasteiger partial charge in [-0.3, -0.25) is 0 Å². The number of nitrogens with zero attached hydrogens (tertiary/aromatic N) is 1. The van der Waals surface area contributed by atoms with Crippen LogP contribution in [0, 0.1) is 0 Å². The zero-order valence-electron chi connectivity index (χ0n) is 11.9. The van der Waals surface area contributed by atoms with Crippen molar-refractivity contribution < 1.29 is 36.6 Å². The molecule has 9 heteroatoms. The van der Waals surface area contributed by atoms with E-state index in [-0.39, 0.29) is 16.8 Å². The maximum Gasteiger partial charge on any atom is 0.433 e. The van der Waals surface area contributed by atoms with Crippen LogP contribution < -0.4 is 0 Å². The Labute approximate surface area is 132 Å². The van der Waals surface area contributed by atoms with Crippen molar-refractivity contribution in [2.75, 3.05) is 6.61 Å². The lowest BCUT2D eigenvalue weighted by Crippen LogP contribution is -2.12. The second-order valence-corrected chi connectivity index (χ2v) is 4.94. The number of aliphatic hydroxyl groups excluding tert-OH is 2. The van der Waals surface area contributed by atoms with E-state index < -0.39 is 36.3 Å². The summed E-state index contributed by atoms with van der Waals surface area (Å²) in [5.74, 6) is 0. The lowest BCUT2D eigenvalue weighted by Gasteiger charge is -2.14. The molecule has 0 saturated heterocycles. The summed E-state index contributed by atoms with van der Waals surface area (Å²) in [4.78, 5) is 3.38. The zero-order chi connectivity index (χ0) is 18.1. The second kappa shape index (κ2) is 6.40. The normalized spacial score (nSPS) is 13.8. The van der Waals surface area contributed by atoms with E-state index in [0.29, 0.717) is 6.07 Å². The van der Waals surface area contributed by atoms with Crippen LogP contribution in [0.2, 0.25) is 0 Å². The van der Waals surface area contributed by atoms with Gasteiger partial charge in [0.2, 0.25) is 0 Å². The van der Waals surface area contributed by atoms with E-state index in [0.717, 1.165) is 30.3 Å². The van der Waals surface area contributed by atoms with Gasteiger partial charge in [0.1, 0.15) is 11.8 Å². The Morgan fingerprint density at radius 2 is 1.50 bits per heavy atom. The molecule has 0 bridgehead atoms. The molecule has 0 fully saturated rings. The Bertz CT molecular complexity index is 709. The first-order chi connectivity index (χ1) is 11.0. The third-order valence-corrected chi connectivity index (χ3v) is 3.20. The minimum absolute atomic E-state index is 0.0143. The van der Waals surface area contributed by atoms with Crippen LogP contribution in [-0.4, -0.2) is 21.8 Å². The molecular weight excluding hydrogens is 340 g/mol. The number of benzene rings is 1. The lowest BCUT2D eigenvalue weighted by atomic mass is 10.0. The van der Waals surface area contributed by atoms with Crippen molar-refractivity contribution in [1.29, 1.82) is 0 Å². The van der Waals surface area contributed by atoms with Gasteiger partial charge in [0, 0.05) is 5.56 Å². The van der Waals surface area contributed by atoms with Gasteiger partial charge in [-0.1, -0.05) is 12.1 Å². The molecule has 0 spiro atoms. The molecule has 2 N–H and O–H groups in total. The van der Waals surface area contributed by atoms with Gasteiger partial charge >= 0.3 is 12.4 Å². The average molecular weight is 351 g/mol. The molecule has 1 atom stereocenters. The minimum Gasteiger partial charge on any atom is -0.393 e. The predicted molar refractivity (Wildman–Crippen MR) is 71.7 cm³/mol. The number of aliphatic hydroxyl groups is 2. The SMILES string of the molecule is OCC(O)c1cc(-c2ccc(C(F)(F)F)cc2)nc(C(F)(F)F)c1. The van der Waals surface area contributed by atoms with Crippen LogP contribution >= 0.6 is 0 Å². The molecule has 1 unspecified atom stereocenters. The summed E-state index contributed by atoms with van der Waals surface area (Å²) in [7, 11) is 0. The van der Waals surface area contributed by atoms with Gasteiger partial charge < -0.3 is 10.2 Å². The smallest absolute Gasteiger partial charge is 0.393 e. The highest BCUT2D eigenvalue weighted by molar-refractivity contribution is 5.61. The molecule has 3 nitrogen and oxygen atoms in total. The fourth-order valence-corrected chi connectivity index (χ4v) is 1.97. The van der Waals surface area contributed by atoms with Crippen molar-refractivity contribution in [3.8, 4) is 11.3 Å². The number of pyridine rings is 1. The van der Waals surface area contributed by atoms with Crippen LogP contribution in [-0.2, 0) is 12.4 Å². The molecule has 2 aromatic rings. The van der Waals surface area contributed by atoms with Gasteiger partial charge in [0.25, 0.3) is 0 Å². The van der Waals surface area contributed by atoms with E-state index in [1.807, 2.05) is 0 Å². The fraction of sp³-hybridized carbons (Fsp3) is 0.267. The summed E-state index contributed by atoms with van der Waals surface area (Å²) >= 11 is 0. The Balaban J connectivity index is 2.53. The van der Waals surface area contributed by atoms with Gasteiger partial charge in [0.15, 0.2) is 0 Å². The minimum atomic E-state index is -4.81. The zero-order valence-corrected chi connectivity index (χ0v) is 11.9. The molecular formula is C15H11F6NO2. The molecule has 0 radical (unpaired) electrons. The predicted octanol–water partition coefficient (Wildman–Crippen LogP) is 3.81. The topological polar surface area (TPSA) is 53.4 Å². The number of hydrogen-bond donors (Lipinski definition) is 2. The van der Waals surface area contributed by atoms with Crippen LogP contribution in [0.25, 0.3) is 11.3 Å². The third kappa shape index (κ3) is 4.04. The van der Waals surface area contributed by atoms with Crippen LogP contribution in [0.1, 0.15) is 22.9 Å². The number of rotatable bonds is 3. The number of aromatic nitrogens is 1. The van der Waals surface area contributed by atoms with Gasteiger partial charge in [-0.2, -0.15) is 26.3 Å². The van der Waals surface area contributed by atoms with Gasteiger partial charge in [-0.25, -0.2) is 4.98 Å². The first kappa shape index (κ1) is 18.2. The maximum atomic E-state index is 12.9. The molecule has 0 amide bonds. The molecule has 24 heavy (non-hydrogen) atoms. The summed E-state index contributed by atoms with van der Waals surface area (Å²) in [5.41, 5.74) is -2.76. The van der Waals surface area contributed by atoms with E-state index in [1.54, 1.807) is 0 Å². The summed E-state index contributed by atoms with van der Waals surface area (Å²) in [6, 6.07) is 5.08. The lowest BCUT2D eigenvalue weighted by molar-refractivity contribution is -0.141. The van der Waals surface area contributed by atoms with Crippen molar-refractivity contribution in [3.63, 3.8) is 0 Å². The van der Waals surface area contributed by atoms with Crippen molar-refractivity contribution in [1.82, 2.24) is 4.98 Å². The van der Waals surface area contributed by atoms with Gasteiger partial charge in [0.05, 0.1) is 17.9 Å². The fourth-order valence-electron chi connectivity index (χ4n) is 1.97. The highest BCUT2D eigenvalue weighted by Crippen LogP contribution is 2.34. The van der Waals surface area contributed by atoms with Crippen molar-refractivity contribution in [2.45, 2.75) is 18.5 Å². The Kier molecular flexibility index (Phi) is 4.86. The molecule has 0 aliphatic rings. The third-order valence-electron chi connectivity index (χ3n) is 3.20. The average Bonchev–Trinajstić information content (AvgIpc) is 2.52. The first-order valence-corrected chi connectivity index (χ1v) is 6.58. The number of hydrogen-bond acceptors (Lipinski definition) is 3. The molecule has 2 rings (SSSR count). The largest absolute Gasteiger partial charge is 0.433 e. The Morgan fingerprint density at radius 3 is 1.96 bits per heavy atom. The van der Waals surface area contributed by atoms with E-state index in [2.05, 4.69) is 4.98 Å². The number of alkyl halides is 6. The Hall–Kier alpha value is -2.13. The quantitative estimate of drug-likeness (QED) is 0.827. The molecule has 0 saturated carbocycles. The molecule has 1 aromatic carbocycles. The van der Waals surface area contributed by atoms with Gasteiger partial charge in [-0.15, -0.1) is 0 Å². The van der Waals surface area contributed by atoms with Crippen LogP contribution in [0.5, 0.6) is 0 Å². The van der Waals surface area contributed by atoms with Crippen molar-refractivity contribution in [3.05, 3.63) is 53.2 Å². The van der Waals surface area contributed by atoms with Gasteiger partial charge in [-0.05, 0) is 29.8 Å². The van der Waals surface area contributed by atoms with E-state index in [1.165, 1.54) is 0 Å². The van der Waals surface area contributed by atoms with Crippen molar-refractivity contribution >= 4 is 0 Å². The van der Waals surface area contributed by atoms with Crippen LogP contribution in [0.15, 0.2) is 36.4 Å². The van der Waals surface area contributed by atoms with Crippen LogP contribution in [0.4, 0.5) is 26.3 Å². The standard InChI is InChI=1S/C15H11F6NO2/c16-14(17,18)10-3-1-8(2-4-10)11-5-9(12(24)7-23)6-13(22-11)15(19,20)21/h1-6,12,23-24H,7H2. The monoisotopic (exact) mass is 351 g/mol. The summed E-state index contributed by atoms with van der Waals surface area (Å²) in [6.07, 6.45) is -11.0. The second-order valence-electron chi connectivity index (χ2n) is 4.94. The summed E-state index contributed by atoms with van der Waals surface area (Å²) in [6.45, 7) is -0.812. The van der Waals surface area contributed by atoms with Crippen LogP contribution in [0.3, 0.4) is 0 Å². The van der Waals surface area contributed by atoms with E-state index >= 15 is 0 Å². The highest BCUT2D eigenvalue weighted by atomic mass is 19.4. The summed E-state index contributed by atoms with van der Waals surface area (Å²) < 4.78 is 76.3. The molecule has 0 aliphatic carbocycles. The summed E-state index contributed by atoms with van der Waals surface area (Å²) in [5, 5.41) is 18.4. The molecule has 0 aliphatic heterocycles. The van der Waals surface area contributed by atoms with Crippen molar-refractivity contribution in [2.24, 2.45) is 0 Å². The molecule has 1 aromatic heterocycles. The first-order valence-electron chi connectivity index (χ1n) is 6.58. The van der Waals surface area contributed by atoms with E-state index in [9.17, 15) is 31.4 Å². The van der Waals surface area contributed by atoms with E-state index in [4.69, 9.17) is 5.11 Å². The highest BCUT2D eigenvalue weighted by Gasteiger charge is 2.34. The molecule has 130 valence electrons. The Morgan fingerprint density at radius 1 is 0.917 bits per heavy atom. The molecule has 1 heterocycles.